The number of fused-ring (bicyclic) bond motifs is 6. The van der Waals surface area contributed by atoms with Gasteiger partial charge in [-0.2, -0.15) is 0 Å². The normalized spacial score (nSPS) is 13.8. The Labute approximate surface area is 282 Å². The van der Waals surface area contributed by atoms with Gasteiger partial charge in [0.1, 0.15) is 11.2 Å². The van der Waals surface area contributed by atoms with Gasteiger partial charge in [0.2, 0.25) is 0 Å². The molecule has 0 N–H and O–H groups in total. The number of rotatable bonds is 7. The Hall–Kier alpha value is -5.86. The number of hydrogen-bond donors (Lipinski definition) is 0. The zero-order chi connectivity index (χ0) is 32.8. The molecule has 0 saturated carbocycles. The molecule has 1 aliphatic carbocycles. The number of nitrogens with zero attached hydrogens (tertiary/aromatic N) is 1. The van der Waals surface area contributed by atoms with Crippen molar-refractivity contribution in [2.75, 3.05) is 4.90 Å². The zero-order valence-electron chi connectivity index (χ0n) is 27.6. The van der Waals surface area contributed by atoms with Crippen LogP contribution in [0, 0.1) is 0 Å². The molecular formula is C46H37NO. The Morgan fingerprint density at radius 1 is 0.625 bits per heavy atom. The highest BCUT2D eigenvalue weighted by Crippen LogP contribution is 2.51. The molecule has 1 heterocycles. The molecule has 0 spiro atoms. The SMILES string of the molecule is C=C/C=C(\C=C(/C)c1ccccc1)N(c1ccccc1)c1ccc2c(c1)C(C)(C)c1cc(-c3ccc4oc5ccccc5c4c3)ccc1-2. The summed E-state index contributed by atoms with van der Waals surface area (Å²) in [5, 5.41) is 2.30. The maximum absolute atomic E-state index is 6.11. The lowest BCUT2D eigenvalue weighted by Gasteiger charge is -2.29. The van der Waals surface area contributed by atoms with Gasteiger partial charge in [-0.25, -0.2) is 0 Å². The first-order valence-corrected chi connectivity index (χ1v) is 16.5. The van der Waals surface area contributed by atoms with Crippen LogP contribution in [0.25, 0.3) is 49.8 Å². The average molecular weight is 620 g/mol. The molecule has 0 bridgehead atoms. The monoisotopic (exact) mass is 619 g/mol. The molecule has 0 atom stereocenters. The molecule has 8 rings (SSSR count). The summed E-state index contributed by atoms with van der Waals surface area (Å²) in [6, 6.07) is 49.9. The van der Waals surface area contributed by atoms with E-state index in [1.54, 1.807) is 0 Å². The standard InChI is InChI=1S/C46H37NO/c1-5-14-36(27-31(2)32-15-8-6-9-16-32)47(35-17-10-7-11-18-35)37-23-25-39-38-24-21-34(29-42(38)46(3,4)43(39)30-37)33-22-26-45-41(28-33)40-19-12-13-20-44(40)48-45/h5-30H,1H2,2-4H3/b31-27+,36-14+. The van der Waals surface area contributed by atoms with Crippen LogP contribution in [0.1, 0.15) is 37.5 Å². The molecule has 0 aliphatic heterocycles. The minimum Gasteiger partial charge on any atom is -0.456 e. The van der Waals surface area contributed by atoms with Gasteiger partial charge in [0.25, 0.3) is 0 Å². The molecule has 7 aromatic rings. The van der Waals surface area contributed by atoms with Crippen molar-refractivity contribution in [1.29, 1.82) is 0 Å². The van der Waals surface area contributed by atoms with Crippen LogP contribution in [-0.2, 0) is 5.41 Å². The molecule has 1 aromatic heterocycles. The van der Waals surface area contributed by atoms with E-state index < -0.39 is 0 Å². The fourth-order valence-corrected chi connectivity index (χ4v) is 7.29. The van der Waals surface area contributed by atoms with E-state index in [0.29, 0.717) is 0 Å². The summed E-state index contributed by atoms with van der Waals surface area (Å²) >= 11 is 0. The van der Waals surface area contributed by atoms with E-state index in [1.807, 2.05) is 18.2 Å². The maximum atomic E-state index is 6.11. The number of furan rings is 1. The number of hydrogen-bond acceptors (Lipinski definition) is 2. The smallest absolute Gasteiger partial charge is 0.135 e. The lowest BCUT2D eigenvalue weighted by atomic mass is 9.81. The number of allylic oxidation sites excluding steroid dienone is 4. The van der Waals surface area contributed by atoms with E-state index >= 15 is 0 Å². The summed E-state index contributed by atoms with van der Waals surface area (Å²) in [5.74, 6) is 0. The van der Waals surface area contributed by atoms with Gasteiger partial charge in [0, 0.05) is 33.3 Å². The third kappa shape index (κ3) is 4.98. The summed E-state index contributed by atoms with van der Waals surface area (Å²) < 4.78 is 6.11. The molecule has 2 nitrogen and oxygen atoms in total. The largest absolute Gasteiger partial charge is 0.456 e. The fraction of sp³-hybridized carbons (Fsp3) is 0.0870. The van der Waals surface area contributed by atoms with E-state index in [0.717, 1.165) is 39.0 Å². The highest BCUT2D eigenvalue weighted by molar-refractivity contribution is 6.06. The van der Waals surface area contributed by atoms with E-state index in [4.69, 9.17) is 4.42 Å². The molecule has 2 heteroatoms. The first-order valence-electron chi connectivity index (χ1n) is 16.5. The maximum Gasteiger partial charge on any atom is 0.135 e. The summed E-state index contributed by atoms with van der Waals surface area (Å²) in [6.07, 6.45) is 6.22. The van der Waals surface area contributed by atoms with Crippen LogP contribution in [-0.4, -0.2) is 0 Å². The lowest BCUT2D eigenvalue weighted by Crippen LogP contribution is -2.18. The highest BCUT2D eigenvalue weighted by atomic mass is 16.3. The van der Waals surface area contributed by atoms with Gasteiger partial charge in [-0.05, 0) is 112 Å². The minimum absolute atomic E-state index is 0.191. The molecule has 232 valence electrons. The molecule has 1 aliphatic rings. The van der Waals surface area contributed by atoms with Gasteiger partial charge >= 0.3 is 0 Å². The van der Waals surface area contributed by atoms with E-state index in [9.17, 15) is 0 Å². The van der Waals surface area contributed by atoms with Crippen LogP contribution >= 0.6 is 0 Å². The van der Waals surface area contributed by atoms with Crippen LogP contribution in [0.2, 0.25) is 0 Å². The van der Waals surface area contributed by atoms with Gasteiger partial charge in [-0.15, -0.1) is 0 Å². The van der Waals surface area contributed by atoms with Crippen molar-refractivity contribution in [1.82, 2.24) is 0 Å². The first-order chi connectivity index (χ1) is 23.4. The summed E-state index contributed by atoms with van der Waals surface area (Å²) in [6.45, 7) is 11.0. The molecular weight excluding hydrogens is 583 g/mol. The predicted octanol–water partition coefficient (Wildman–Crippen LogP) is 12.9. The minimum atomic E-state index is -0.191. The van der Waals surface area contributed by atoms with Crippen molar-refractivity contribution in [3.63, 3.8) is 0 Å². The van der Waals surface area contributed by atoms with Gasteiger partial charge in [-0.3, -0.25) is 0 Å². The highest BCUT2D eigenvalue weighted by Gasteiger charge is 2.36. The Kier molecular flexibility index (Phi) is 7.22. The second-order valence-corrected chi connectivity index (χ2v) is 13.1. The molecule has 6 aromatic carbocycles. The summed E-state index contributed by atoms with van der Waals surface area (Å²) in [4.78, 5) is 2.34. The fourth-order valence-electron chi connectivity index (χ4n) is 7.29. The number of para-hydroxylation sites is 2. The van der Waals surface area contributed by atoms with Crippen molar-refractivity contribution in [2.45, 2.75) is 26.2 Å². The van der Waals surface area contributed by atoms with Crippen LogP contribution in [0.3, 0.4) is 0 Å². The van der Waals surface area contributed by atoms with Crippen LogP contribution in [0.4, 0.5) is 11.4 Å². The number of anilines is 2. The Balaban J connectivity index is 1.21. The average Bonchev–Trinajstić information content (AvgIpc) is 3.60. The van der Waals surface area contributed by atoms with Crippen molar-refractivity contribution in [3.05, 3.63) is 187 Å². The predicted molar refractivity (Wildman–Crippen MR) is 204 cm³/mol. The molecule has 0 fully saturated rings. The van der Waals surface area contributed by atoms with E-state index in [2.05, 4.69) is 172 Å². The van der Waals surface area contributed by atoms with Gasteiger partial charge in [0.05, 0.1) is 0 Å². The molecule has 0 saturated heterocycles. The second-order valence-electron chi connectivity index (χ2n) is 13.1. The Morgan fingerprint density at radius 3 is 2.02 bits per heavy atom. The second kappa shape index (κ2) is 11.7. The van der Waals surface area contributed by atoms with Crippen molar-refractivity contribution >= 4 is 38.9 Å². The summed E-state index contributed by atoms with van der Waals surface area (Å²) in [7, 11) is 0. The van der Waals surface area contributed by atoms with E-state index in [-0.39, 0.29) is 5.41 Å². The zero-order valence-corrected chi connectivity index (χ0v) is 27.6. The number of benzene rings is 6. The van der Waals surface area contributed by atoms with Gasteiger partial charge in [-0.1, -0.05) is 117 Å². The van der Waals surface area contributed by atoms with Crippen LogP contribution in [0.5, 0.6) is 0 Å². The molecule has 0 unspecified atom stereocenters. The van der Waals surface area contributed by atoms with Crippen molar-refractivity contribution in [3.8, 4) is 22.3 Å². The third-order valence-corrected chi connectivity index (χ3v) is 9.78. The van der Waals surface area contributed by atoms with Gasteiger partial charge < -0.3 is 9.32 Å². The van der Waals surface area contributed by atoms with E-state index in [1.165, 1.54) is 44.5 Å². The molecule has 0 radical (unpaired) electrons. The Morgan fingerprint density at radius 2 is 1.25 bits per heavy atom. The quantitative estimate of drug-likeness (QED) is 0.165. The lowest BCUT2D eigenvalue weighted by molar-refractivity contribution is 0.660. The first kappa shape index (κ1) is 29.5. The third-order valence-electron chi connectivity index (χ3n) is 9.78. The molecule has 48 heavy (non-hydrogen) atoms. The topological polar surface area (TPSA) is 16.4 Å². The van der Waals surface area contributed by atoms with Crippen molar-refractivity contribution in [2.24, 2.45) is 0 Å². The van der Waals surface area contributed by atoms with Crippen LogP contribution < -0.4 is 4.90 Å². The molecule has 0 amide bonds. The van der Waals surface area contributed by atoms with Crippen molar-refractivity contribution < 1.29 is 4.42 Å². The summed E-state index contributed by atoms with van der Waals surface area (Å²) in [5.41, 5.74) is 15.0. The van der Waals surface area contributed by atoms with Gasteiger partial charge in [0.15, 0.2) is 0 Å². The van der Waals surface area contributed by atoms with Crippen LogP contribution in [0.15, 0.2) is 174 Å². The Bertz CT molecular complexity index is 2390.